The van der Waals surface area contributed by atoms with Crippen LogP contribution in [0.1, 0.15) is 68.2 Å². The van der Waals surface area contributed by atoms with E-state index in [1.165, 1.54) is 32.1 Å². The van der Waals surface area contributed by atoms with Crippen molar-refractivity contribution >= 4 is 11.6 Å². The van der Waals surface area contributed by atoms with Crippen molar-refractivity contribution in [3.8, 4) is 5.75 Å². The summed E-state index contributed by atoms with van der Waals surface area (Å²) in [5.41, 5.74) is 2.03. The smallest absolute Gasteiger partial charge is 0.224 e. The van der Waals surface area contributed by atoms with Gasteiger partial charge in [0.25, 0.3) is 0 Å². The molecule has 4 rings (SSSR count). The second-order valence-electron chi connectivity index (χ2n) is 7.19. The molecular formula is C20H25N3O3. The summed E-state index contributed by atoms with van der Waals surface area (Å²) >= 11 is 0. The van der Waals surface area contributed by atoms with E-state index >= 15 is 0 Å². The van der Waals surface area contributed by atoms with Gasteiger partial charge >= 0.3 is 0 Å². The lowest BCUT2D eigenvalue weighted by Crippen LogP contribution is -2.18. The van der Waals surface area contributed by atoms with Crippen molar-refractivity contribution in [2.75, 3.05) is 11.9 Å². The summed E-state index contributed by atoms with van der Waals surface area (Å²) in [5, 5.41) is 11.3. The molecule has 0 atom stereocenters. The molecule has 0 spiro atoms. The van der Waals surface area contributed by atoms with Gasteiger partial charge < -0.3 is 14.5 Å². The normalized spacial score (nSPS) is 17.6. The number of aryl methyl sites for hydroxylation is 2. The van der Waals surface area contributed by atoms with E-state index < -0.39 is 0 Å². The van der Waals surface area contributed by atoms with Gasteiger partial charge in [-0.3, -0.25) is 4.79 Å². The molecule has 138 valence electrons. The number of carbonyl (C=O) groups is 1. The molecule has 0 unspecified atom stereocenters. The fourth-order valence-electron chi connectivity index (χ4n) is 3.75. The summed E-state index contributed by atoms with van der Waals surface area (Å²) in [6.45, 7) is 0.603. The molecule has 6 nitrogen and oxygen atoms in total. The number of amides is 1. The molecule has 2 aliphatic rings. The number of hydrogen-bond donors (Lipinski definition) is 1. The Morgan fingerprint density at radius 2 is 2.04 bits per heavy atom. The van der Waals surface area contributed by atoms with Gasteiger partial charge in [-0.2, -0.15) is 0 Å². The number of nitrogens with one attached hydrogen (secondary N) is 1. The topological polar surface area (TPSA) is 77.2 Å². The number of hydrogen-bond acceptors (Lipinski definition) is 5. The van der Waals surface area contributed by atoms with Crippen molar-refractivity contribution in [2.45, 2.75) is 63.7 Å². The predicted octanol–water partition coefficient (Wildman–Crippen LogP) is 4.01. The molecule has 1 aromatic carbocycles. The highest BCUT2D eigenvalue weighted by Crippen LogP contribution is 2.31. The second kappa shape index (κ2) is 7.89. The zero-order chi connectivity index (χ0) is 17.8. The summed E-state index contributed by atoms with van der Waals surface area (Å²) in [6.07, 6.45) is 9.07. The highest BCUT2D eigenvalue weighted by atomic mass is 16.5. The minimum atomic E-state index is 0.0818. The maximum atomic E-state index is 11.4. The molecular weight excluding hydrogens is 330 g/mol. The number of ether oxygens (including phenoxy) is 1. The third kappa shape index (κ3) is 4.06. The minimum Gasteiger partial charge on any atom is -0.494 e. The number of anilines is 1. The van der Waals surface area contributed by atoms with E-state index in [2.05, 4.69) is 15.5 Å². The fraction of sp³-hybridized carbons (Fsp3) is 0.550. The first-order valence-corrected chi connectivity index (χ1v) is 9.66. The van der Waals surface area contributed by atoms with Gasteiger partial charge in [0.05, 0.1) is 6.61 Å². The number of carbonyl (C=O) groups excluding carboxylic acids is 1. The van der Waals surface area contributed by atoms with Gasteiger partial charge in [0.2, 0.25) is 17.7 Å². The molecule has 2 heterocycles. The van der Waals surface area contributed by atoms with Crippen molar-refractivity contribution in [3.05, 3.63) is 35.5 Å². The second-order valence-corrected chi connectivity index (χ2v) is 7.19. The fourth-order valence-corrected chi connectivity index (χ4v) is 3.75. The van der Waals surface area contributed by atoms with Crippen LogP contribution in [0.15, 0.2) is 22.6 Å². The van der Waals surface area contributed by atoms with E-state index in [0.29, 0.717) is 24.8 Å². The van der Waals surface area contributed by atoms with Crippen molar-refractivity contribution in [2.24, 2.45) is 0 Å². The number of nitrogens with zero attached hydrogens (tertiary/aromatic N) is 2. The van der Waals surface area contributed by atoms with Crippen LogP contribution < -0.4 is 10.1 Å². The quantitative estimate of drug-likeness (QED) is 0.792. The summed E-state index contributed by atoms with van der Waals surface area (Å²) < 4.78 is 11.7. The first-order chi connectivity index (χ1) is 12.8. The maximum absolute atomic E-state index is 11.4. The lowest BCUT2D eigenvalue weighted by molar-refractivity contribution is -0.116. The van der Waals surface area contributed by atoms with Gasteiger partial charge in [0, 0.05) is 24.4 Å². The maximum Gasteiger partial charge on any atom is 0.224 e. The molecule has 1 fully saturated rings. The molecule has 1 amide bonds. The Bertz CT molecular complexity index is 765. The monoisotopic (exact) mass is 355 g/mol. The Labute approximate surface area is 153 Å². The van der Waals surface area contributed by atoms with Crippen molar-refractivity contribution in [3.63, 3.8) is 0 Å². The van der Waals surface area contributed by atoms with Gasteiger partial charge in [-0.1, -0.05) is 19.3 Å². The molecule has 2 aromatic rings. The van der Waals surface area contributed by atoms with E-state index in [0.717, 1.165) is 42.2 Å². The average molecular weight is 355 g/mol. The summed E-state index contributed by atoms with van der Waals surface area (Å²) in [4.78, 5) is 11.4. The molecule has 1 aliphatic carbocycles. The third-order valence-corrected chi connectivity index (χ3v) is 5.21. The van der Waals surface area contributed by atoms with Crippen molar-refractivity contribution < 1.29 is 13.9 Å². The van der Waals surface area contributed by atoms with Crippen LogP contribution in [-0.2, 0) is 17.6 Å². The Morgan fingerprint density at radius 1 is 1.15 bits per heavy atom. The zero-order valence-electron chi connectivity index (χ0n) is 15.0. The van der Waals surface area contributed by atoms with E-state index in [4.69, 9.17) is 9.15 Å². The van der Waals surface area contributed by atoms with E-state index in [-0.39, 0.29) is 5.91 Å². The SMILES string of the molecule is O=C1CCc2cc(OCCCc3nnc(C4CCCCC4)o3)ccc2N1. The van der Waals surface area contributed by atoms with E-state index in [9.17, 15) is 4.79 Å². The van der Waals surface area contributed by atoms with Crippen LogP contribution >= 0.6 is 0 Å². The standard InChI is InChI=1S/C20H25N3O3/c24-18-11-8-15-13-16(9-10-17(15)21-18)25-12-4-7-19-22-23-20(26-19)14-5-2-1-3-6-14/h9-10,13-14H,1-8,11-12H2,(H,21,24). The molecule has 6 heteroatoms. The van der Waals surface area contributed by atoms with Crippen LogP contribution in [0.4, 0.5) is 5.69 Å². The molecule has 1 saturated carbocycles. The molecule has 1 aliphatic heterocycles. The Balaban J connectivity index is 1.24. The van der Waals surface area contributed by atoms with Crippen LogP contribution in [0.25, 0.3) is 0 Å². The first-order valence-electron chi connectivity index (χ1n) is 9.66. The first kappa shape index (κ1) is 17.1. The van der Waals surface area contributed by atoms with E-state index in [1.807, 2.05) is 18.2 Å². The lowest BCUT2D eigenvalue weighted by Gasteiger charge is -2.17. The molecule has 0 bridgehead atoms. The van der Waals surface area contributed by atoms with E-state index in [1.54, 1.807) is 0 Å². The zero-order valence-corrected chi connectivity index (χ0v) is 15.0. The number of benzene rings is 1. The van der Waals surface area contributed by atoms with Gasteiger partial charge in [0.1, 0.15) is 5.75 Å². The number of fused-ring (bicyclic) bond motifs is 1. The minimum absolute atomic E-state index is 0.0818. The Hall–Kier alpha value is -2.37. The lowest BCUT2D eigenvalue weighted by atomic mass is 9.89. The molecule has 0 saturated heterocycles. The summed E-state index contributed by atoms with van der Waals surface area (Å²) in [5.74, 6) is 2.91. The van der Waals surface area contributed by atoms with Gasteiger partial charge in [-0.15, -0.1) is 10.2 Å². The summed E-state index contributed by atoms with van der Waals surface area (Å²) in [6, 6.07) is 5.83. The van der Waals surface area contributed by atoms with Crippen LogP contribution in [-0.4, -0.2) is 22.7 Å². The number of aromatic nitrogens is 2. The third-order valence-electron chi connectivity index (χ3n) is 5.21. The van der Waals surface area contributed by atoms with Gasteiger partial charge in [0.15, 0.2) is 0 Å². The molecule has 1 N–H and O–H groups in total. The van der Waals surface area contributed by atoms with Crippen LogP contribution in [0.3, 0.4) is 0 Å². The highest BCUT2D eigenvalue weighted by Gasteiger charge is 2.21. The van der Waals surface area contributed by atoms with Crippen LogP contribution in [0.2, 0.25) is 0 Å². The molecule has 26 heavy (non-hydrogen) atoms. The molecule has 0 radical (unpaired) electrons. The van der Waals surface area contributed by atoms with Crippen LogP contribution in [0, 0.1) is 0 Å². The van der Waals surface area contributed by atoms with Crippen LogP contribution in [0.5, 0.6) is 5.75 Å². The predicted molar refractivity (Wildman–Crippen MR) is 97.3 cm³/mol. The number of rotatable bonds is 6. The van der Waals surface area contributed by atoms with Crippen molar-refractivity contribution in [1.82, 2.24) is 10.2 Å². The van der Waals surface area contributed by atoms with Crippen molar-refractivity contribution in [1.29, 1.82) is 0 Å². The highest BCUT2D eigenvalue weighted by molar-refractivity contribution is 5.93. The molecule has 1 aromatic heterocycles. The Morgan fingerprint density at radius 3 is 2.92 bits per heavy atom. The average Bonchev–Trinajstić information content (AvgIpc) is 3.15. The van der Waals surface area contributed by atoms with Gasteiger partial charge in [-0.25, -0.2) is 0 Å². The summed E-state index contributed by atoms with van der Waals surface area (Å²) in [7, 11) is 0. The van der Waals surface area contributed by atoms with Gasteiger partial charge in [-0.05, 0) is 49.4 Å². The Kier molecular flexibility index (Phi) is 5.18. The largest absolute Gasteiger partial charge is 0.494 e.